The zero-order valence-electron chi connectivity index (χ0n) is 19.6. The Morgan fingerprint density at radius 2 is 1.69 bits per heavy atom. The zero-order chi connectivity index (χ0) is 26.8. The number of allylic oxidation sites excluding steroid dienone is 1. The molecule has 0 aromatic heterocycles. The molecule has 1 aromatic rings. The van der Waals surface area contributed by atoms with Crippen LogP contribution in [0.5, 0.6) is 0 Å². The topological polar surface area (TPSA) is 40.5 Å². The van der Waals surface area contributed by atoms with Crippen molar-refractivity contribution in [2.24, 2.45) is 11.3 Å². The Morgan fingerprint density at radius 3 is 2.14 bits per heavy atom. The number of likely N-dealkylation sites (tertiary alicyclic amines) is 1. The van der Waals surface area contributed by atoms with Crippen molar-refractivity contribution in [3.8, 4) is 0 Å². The fourth-order valence-corrected chi connectivity index (χ4v) is 4.26. The highest BCUT2D eigenvalue weighted by Crippen LogP contribution is 2.48. The number of carboxylic acids is 1. The highest BCUT2D eigenvalue weighted by atomic mass is 19.4. The summed E-state index contributed by atoms with van der Waals surface area (Å²) in [6.45, 7) is 5.05. The van der Waals surface area contributed by atoms with Crippen LogP contribution in [0.15, 0.2) is 36.4 Å². The van der Waals surface area contributed by atoms with Crippen LogP contribution in [0.1, 0.15) is 63.6 Å². The summed E-state index contributed by atoms with van der Waals surface area (Å²) in [5.41, 5.74) is -1.48. The summed E-state index contributed by atoms with van der Waals surface area (Å²) < 4.78 is 108. The molecule has 1 N–H and O–H groups in total. The van der Waals surface area contributed by atoms with Gasteiger partial charge in [-0.2, -0.15) is 26.3 Å². The number of carboxylic acid groups (broad SMARTS) is 1. The van der Waals surface area contributed by atoms with Crippen molar-refractivity contribution in [1.82, 2.24) is 4.90 Å². The minimum Gasteiger partial charge on any atom is -0.481 e. The maximum atomic E-state index is 15.0. The lowest BCUT2D eigenvalue weighted by atomic mass is 9.78. The van der Waals surface area contributed by atoms with Gasteiger partial charge in [0, 0.05) is 31.5 Å². The summed E-state index contributed by atoms with van der Waals surface area (Å²) in [7, 11) is 0. The molecule has 198 valence electrons. The lowest BCUT2D eigenvalue weighted by molar-refractivity contribution is -0.164. The van der Waals surface area contributed by atoms with Gasteiger partial charge in [0.25, 0.3) is 5.92 Å². The molecule has 0 spiro atoms. The standard InChI is InChI=1S/C24H29F8NO2/c1-21(2,3)10-8-17(9-11-23(27,28)29)33-13-12-22(25,26)18(14-19(34)35)20(33)15-4-6-16(7-5-15)24(30,31)32/h4-8,10,17-18,20H,9,11-14H2,1-3H3,(H,34,35)/t17-,18-,20-/m1/s1. The molecular formula is C24H29F8NO2. The molecule has 2 rings (SSSR count). The Morgan fingerprint density at radius 1 is 1.11 bits per heavy atom. The molecule has 3 atom stereocenters. The zero-order valence-corrected chi connectivity index (χ0v) is 19.6. The van der Waals surface area contributed by atoms with Gasteiger partial charge in [0.05, 0.1) is 17.9 Å². The van der Waals surface area contributed by atoms with Gasteiger partial charge in [-0.25, -0.2) is 8.78 Å². The lowest BCUT2D eigenvalue weighted by Gasteiger charge is -2.48. The third-order valence-electron chi connectivity index (χ3n) is 5.93. The van der Waals surface area contributed by atoms with Crippen molar-refractivity contribution < 1.29 is 45.0 Å². The first-order chi connectivity index (χ1) is 15.8. The van der Waals surface area contributed by atoms with E-state index < -0.39 is 78.9 Å². The molecule has 0 amide bonds. The summed E-state index contributed by atoms with van der Waals surface area (Å²) in [6.07, 6.45) is -9.52. The molecule has 1 fully saturated rings. The number of piperidine rings is 1. The third-order valence-corrected chi connectivity index (χ3v) is 5.93. The number of hydrogen-bond donors (Lipinski definition) is 1. The Labute approximate surface area is 198 Å². The van der Waals surface area contributed by atoms with E-state index in [0.717, 1.165) is 12.1 Å². The first-order valence-corrected chi connectivity index (χ1v) is 11.1. The number of benzene rings is 1. The van der Waals surface area contributed by atoms with Crippen LogP contribution in [0.4, 0.5) is 35.1 Å². The lowest BCUT2D eigenvalue weighted by Crippen LogP contribution is -2.53. The highest BCUT2D eigenvalue weighted by molar-refractivity contribution is 5.67. The van der Waals surface area contributed by atoms with E-state index in [1.54, 1.807) is 26.8 Å². The van der Waals surface area contributed by atoms with E-state index in [1.807, 2.05) is 0 Å². The molecule has 0 radical (unpaired) electrons. The minimum atomic E-state index is -4.68. The van der Waals surface area contributed by atoms with Crippen LogP contribution in [0.2, 0.25) is 0 Å². The summed E-state index contributed by atoms with van der Waals surface area (Å²) in [5.74, 6) is -6.86. The van der Waals surface area contributed by atoms with E-state index in [-0.39, 0.29) is 12.1 Å². The van der Waals surface area contributed by atoms with Crippen molar-refractivity contribution in [1.29, 1.82) is 0 Å². The van der Waals surface area contributed by atoms with Gasteiger partial charge in [0.15, 0.2) is 0 Å². The second-order valence-corrected chi connectivity index (χ2v) is 9.96. The molecular weight excluding hydrogens is 486 g/mol. The van der Waals surface area contributed by atoms with Crippen LogP contribution < -0.4 is 0 Å². The monoisotopic (exact) mass is 515 g/mol. The fraction of sp³-hybridized carbons (Fsp3) is 0.625. The van der Waals surface area contributed by atoms with Crippen LogP contribution in [-0.4, -0.2) is 40.7 Å². The van der Waals surface area contributed by atoms with Gasteiger partial charge >= 0.3 is 18.3 Å². The van der Waals surface area contributed by atoms with Crippen LogP contribution in [0, 0.1) is 11.3 Å². The molecule has 1 aromatic carbocycles. The minimum absolute atomic E-state index is 0.00945. The van der Waals surface area contributed by atoms with E-state index >= 15 is 0 Å². The number of aliphatic carboxylic acids is 1. The maximum absolute atomic E-state index is 15.0. The normalized spacial score (nSPS) is 22.9. The van der Waals surface area contributed by atoms with Crippen molar-refractivity contribution >= 4 is 5.97 Å². The summed E-state index contributed by atoms with van der Waals surface area (Å²) in [6, 6.07) is 0.994. The molecule has 11 heteroatoms. The average Bonchev–Trinajstić information content (AvgIpc) is 2.67. The van der Waals surface area contributed by atoms with Gasteiger partial charge < -0.3 is 5.11 Å². The number of halogens is 8. The highest BCUT2D eigenvalue weighted by Gasteiger charge is 2.52. The number of nitrogens with zero attached hydrogens (tertiary/aromatic N) is 1. The fourth-order valence-electron chi connectivity index (χ4n) is 4.26. The van der Waals surface area contributed by atoms with Crippen molar-refractivity contribution in [2.75, 3.05) is 6.54 Å². The van der Waals surface area contributed by atoms with Gasteiger partial charge in [-0.3, -0.25) is 9.69 Å². The van der Waals surface area contributed by atoms with Crippen molar-refractivity contribution in [3.05, 3.63) is 47.5 Å². The van der Waals surface area contributed by atoms with Gasteiger partial charge in [-0.05, 0) is 29.5 Å². The van der Waals surface area contributed by atoms with Crippen LogP contribution >= 0.6 is 0 Å². The van der Waals surface area contributed by atoms with Crippen molar-refractivity contribution in [3.63, 3.8) is 0 Å². The maximum Gasteiger partial charge on any atom is 0.416 e. The summed E-state index contributed by atoms with van der Waals surface area (Å²) in [4.78, 5) is 12.8. The largest absolute Gasteiger partial charge is 0.481 e. The Bertz CT molecular complexity index is 885. The van der Waals surface area contributed by atoms with Gasteiger partial charge in [0.2, 0.25) is 0 Å². The van der Waals surface area contributed by atoms with Crippen LogP contribution in [-0.2, 0) is 11.0 Å². The van der Waals surface area contributed by atoms with Crippen molar-refractivity contribution in [2.45, 2.75) is 76.8 Å². The first kappa shape index (κ1) is 29.1. The molecule has 0 unspecified atom stereocenters. The third kappa shape index (κ3) is 8.47. The smallest absolute Gasteiger partial charge is 0.416 e. The molecule has 1 aliphatic rings. The molecule has 1 saturated heterocycles. The molecule has 3 nitrogen and oxygen atoms in total. The molecule has 1 aliphatic heterocycles. The summed E-state index contributed by atoms with van der Waals surface area (Å²) in [5, 5.41) is 9.30. The first-order valence-electron chi connectivity index (χ1n) is 11.1. The van der Waals surface area contributed by atoms with E-state index in [1.165, 1.54) is 11.0 Å². The van der Waals surface area contributed by atoms with Gasteiger partial charge in [-0.15, -0.1) is 0 Å². The SMILES string of the molecule is CC(C)(C)C=C[C@H](CCC(F)(F)F)N1CCC(F)(F)[C@H](CC(=O)O)[C@H]1c1ccc(C(F)(F)F)cc1. The molecule has 0 saturated carbocycles. The van der Waals surface area contributed by atoms with E-state index in [2.05, 4.69) is 0 Å². The predicted octanol–water partition coefficient (Wildman–Crippen LogP) is 7.49. The molecule has 35 heavy (non-hydrogen) atoms. The predicted molar refractivity (Wildman–Crippen MR) is 114 cm³/mol. The number of hydrogen-bond acceptors (Lipinski definition) is 2. The quantitative estimate of drug-likeness (QED) is 0.302. The molecule has 0 bridgehead atoms. The van der Waals surface area contributed by atoms with Crippen LogP contribution in [0.3, 0.4) is 0 Å². The average molecular weight is 515 g/mol. The molecule has 0 aliphatic carbocycles. The molecule has 1 heterocycles. The number of rotatable bonds is 7. The van der Waals surface area contributed by atoms with E-state index in [0.29, 0.717) is 12.1 Å². The van der Waals surface area contributed by atoms with Gasteiger partial charge in [0.1, 0.15) is 0 Å². The van der Waals surface area contributed by atoms with E-state index in [4.69, 9.17) is 0 Å². The van der Waals surface area contributed by atoms with Gasteiger partial charge in [-0.1, -0.05) is 45.1 Å². The Kier molecular flexibility index (Phi) is 8.67. The number of alkyl halides is 8. The number of carbonyl (C=O) groups is 1. The second-order valence-electron chi connectivity index (χ2n) is 9.96. The summed E-state index contributed by atoms with van der Waals surface area (Å²) >= 11 is 0. The van der Waals surface area contributed by atoms with Crippen LogP contribution in [0.25, 0.3) is 0 Å². The van der Waals surface area contributed by atoms with E-state index in [9.17, 15) is 45.0 Å². The Hall–Kier alpha value is -2.17. The second kappa shape index (κ2) is 10.4. The Balaban J connectivity index is 2.60.